The van der Waals surface area contributed by atoms with Gasteiger partial charge in [-0.25, -0.2) is 0 Å². The van der Waals surface area contributed by atoms with E-state index in [0.717, 1.165) is 38.5 Å². The molecule has 0 amide bonds. The van der Waals surface area contributed by atoms with Crippen molar-refractivity contribution >= 4 is 6.29 Å². The maximum absolute atomic E-state index is 11.5. The first-order valence-electron chi connectivity index (χ1n) is 7.93. The summed E-state index contributed by atoms with van der Waals surface area (Å²) in [6.07, 6.45) is 9.65. The lowest BCUT2D eigenvalue weighted by Crippen LogP contribution is -2.45. The van der Waals surface area contributed by atoms with Crippen molar-refractivity contribution in [1.82, 2.24) is 4.90 Å². The zero-order valence-electron chi connectivity index (χ0n) is 12.6. The van der Waals surface area contributed by atoms with Crippen LogP contribution in [0, 0.1) is 11.3 Å². The van der Waals surface area contributed by atoms with E-state index in [0.29, 0.717) is 6.04 Å². The Morgan fingerprint density at radius 1 is 1.21 bits per heavy atom. The molecule has 2 aliphatic rings. The minimum atomic E-state index is -0.144. The number of rotatable bonds is 5. The Morgan fingerprint density at radius 2 is 1.84 bits per heavy atom. The first-order valence-corrected chi connectivity index (χ1v) is 7.93. The lowest BCUT2D eigenvalue weighted by atomic mass is 9.79. The molecule has 0 aromatic carbocycles. The molecule has 0 aromatic heterocycles. The summed E-state index contributed by atoms with van der Waals surface area (Å²) in [5, 5.41) is 0. The van der Waals surface area contributed by atoms with Crippen LogP contribution in [0.15, 0.2) is 0 Å². The predicted octanol–water partition coefficient (Wildman–Crippen LogP) is 2.88. The molecule has 0 unspecified atom stereocenters. The van der Waals surface area contributed by atoms with Crippen molar-refractivity contribution in [2.24, 2.45) is 11.3 Å². The van der Waals surface area contributed by atoms with Gasteiger partial charge in [0.2, 0.25) is 0 Å². The molecular weight excluding hydrogens is 238 g/mol. The largest absolute Gasteiger partial charge is 0.381 e. The summed E-state index contributed by atoms with van der Waals surface area (Å²) in [6, 6.07) is 0.683. The van der Waals surface area contributed by atoms with Crippen LogP contribution >= 0.6 is 0 Å². The van der Waals surface area contributed by atoms with Crippen LogP contribution < -0.4 is 0 Å². The van der Waals surface area contributed by atoms with Crippen molar-refractivity contribution in [3.8, 4) is 0 Å². The van der Waals surface area contributed by atoms with E-state index < -0.39 is 0 Å². The SMILES string of the molecule is CCC1CCC(N(C)CC2(C=O)CCOCC2)CC1. The second-order valence-corrected chi connectivity index (χ2v) is 6.59. The summed E-state index contributed by atoms with van der Waals surface area (Å²) in [7, 11) is 2.21. The number of nitrogens with zero attached hydrogens (tertiary/aromatic N) is 1. The van der Waals surface area contributed by atoms with E-state index in [-0.39, 0.29) is 5.41 Å². The van der Waals surface area contributed by atoms with Gasteiger partial charge in [0.05, 0.1) is 0 Å². The third-order valence-electron chi connectivity index (χ3n) is 5.32. The molecule has 1 aliphatic carbocycles. The average molecular weight is 267 g/mol. The topological polar surface area (TPSA) is 29.5 Å². The van der Waals surface area contributed by atoms with Crippen LogP contribution in [0.2, 0.25) is 0 Å². The molecule has 0 N–H and O–H groups in total. The Kier molecular flexibility index (Phi) is 5.40. The minimum Gasteiger partial charge on any atom is -0.381 e. The second kappa shape index (κ2) is 6.85. The molecule has 1 saturated heterocycles. The lowest BCUT2D eigenvalue weighted by molar-refractivity contribution is -0.123. The van der Waals surface area contributed by atoms with E-state index >= 15 is 0 Å². The first kappa shape index (κ1) is 15.0. The van der Waals surface area contributed by atoms with E-state index in [4.69, 9.17) is 4.74 Å². The zero-order valence-corrected chi connectivity index (χ0v) is 12.6. The normalized spacial score (nSPS) is 31.3. The van der Waals surface area contributed by atoms with E-state index in [1.54, 1.807) is 0 Å². The fourth-order valence-electron chi connectivity index (χ4n) is 3.71. The smallest absolute Gasteiger partial charge is 0.127 e. The molecular formula is C16H29NO2. The molecule has 0 spiro atoms. The molecule has 2 rings (SSSR count). The van der Waals surface area contributed by atoms with Gasteiger partial charge in [-0.1, -0.05) is 13.3 Å². The van der Waals surface area contributed by atoms with Crippen LogP contribution in [0.25, 0.3) is 0 Å². The Bertz CT molecular complexity index is 278. The maximum atomic E-state index is 11.5. The number of hydrogen-bond acceptors (Lipinski definition) is 3. The van der Waals surface area contributed by atoms with Gasteiger partial charge in [-0.2, -0.15) is 0 Å². The van der Waals surface area contributed by atoms with Crippen molar-refractivity contribution in [3.63, 3.8) is 0 Å². The number of carbonyl (C=O) groups is 1. The molecule has 1 saturated carbocycles. The molecule has 3 heteroatoms. The number of ether oxygens (including phenoxy) is 1. The van der Waals surface area contributed by atoms with Crippen molar-refractivity contribution in [3.05, 3.63) is 0 Å². The summed E-state index contributed by atoms with van der Waals surface area (Å²) in [5.41, 5.74) is -0.144. The summed E-state index contributed by atoms with van der Waals surface area (Å²) < 4.78 is 5.40. The number of carbonyl (C=O) groups excluding carboxylic acids is 1. The van der Waals surface area contributed by atoms with Gasteiger partial charge < -0.3 is 14.4 Å². The minimum absolute atomic E-state index is 0.144. The fourth-order valence-corrected chi connectivity index (χ4v) is 3.71. The number of aldehydes is 1. The van der Waals surface area contributed by atoms with Crippen LogP contribution in [-0.4, -0.2) is 44.0 Å². The highest BCUT2D eigenvalue weighted by atomic mass is 16.5. The van der Waals surface area contributed by atoms with Gasteiger partial charge in [-0.3, -0.25) is 0 Å². The third-order valence-corrected chi connectivity index (χ3v) is 5.32. The van der Waals surface area contributed by atoms with E-state index in [2.05, 4.69) is 18.9 Å². The number of hydrogen-bond donors (Lipinski definition) is 0. The van der Waals surface area contributed by atoms with Crippen LogP contribution in [0.1, 0.15) is 51.9 Å². The van der Waals surface area contributed by atoms with Crippen molar-refractivity contribution < 1.29 is 9.53 Å². The van der Waals surface area contributed by atoms with Gasteiger partial charge in [-0.05, 0) is 51.5 Å². The van der Waals surface area contributed by atoms with Gasteiger partial charge in [0.15, 0.2) is 0 Å². The Labute approximate surface area is 117 Å². The van der Waals surface area contributed by atoms with Gasteiger partial charge in [-0.15, -0.1) is 0 Å². The van der Waals surface area contributed by atoms with Crippen molar-refractivity contribution in [2.45, 2.75) is 57.9 Å². The molecule has 3 nitrogen and oxygen atoms in total. The molecule has 0 aromatic rings. The quantitative estimate of drug-likeness (QED) is 0.717. The molecule has 19 heavy (non-hydrogen) atoms. The monoisotopic (exact) mass is 267 g/mol. The molecule has 0 radical (unpaired) electrons. The van der Waals surface area contributed by atoms with Crippen LogP contribution in [0.5, 0.6) is 0 Å². The van der Waals surface area contributed by atoms with Crippen LogP contribution in [-0.2, 0) is 9.53 Å². The molecule has 2 fully saturated rings. The summed E-state index contributed by atoms with van der Waals surface area (Å²) >= 11 is 0. The summed E-state index contributed by atoms with van der Waals surface area (Å²) in [5.74, 6) is 0.938. The highest BCUT2D eigenvalue weighted by Crippen LogP contribution is 2.33. The second-order valence-electron chi connectivity index (χ2n) is 6.59. The van der Waals surface area contributed by atoms with Gasteiger partial charge >= 0.3 is 0 Å². The van der Waals surface area contributed by atoms with E-state index in [1.165, 1.54) is 38.4 Å². The highest BCUT2D eigenvalue weighted by molar-refractivity contribution is 5.60. The Hall–Kier alpha value is -0.410. The van der Waals surface area contributed by atoms with E-state index in [9.17, 15) is 4.79 Å². The van der Waals surface area contributed by atoms with E-state index in [1.807, 2.05) is 0 Å². The first-order chi connectivity index (χ1) is 9.19. The van der Waals surface area contributed by atoms with Crippen LogP contribution in [0.4, 0.5) is 0 Å². The summed E-state index contributed by atoms with van der Waals surface area (Å²) in [6.45, 7) is 4.71. The summed E-state index contributed by atoms with van der Waals surface area (Å²) in [4.78, 5) is 14.0. The maximum Gasteiger partial charge on any atom is 0.127 e. The predicted molar refractivity (Wildman–Crippen MR) is 77.2 cm³/mol. The standard InChI is InChI=1S/C16H29NO2/c1-3-14-4-6-15(7-5-14)17(2)12-16(13-18)8-10-19-11-9-16/h13-15H,3-12H2,1-2H3. The van der Waals surface area contributed by atoms with Crippen molar-refractivity contribution in [2.75, 3.05) is 26.8 Å². The lowest BCUT2D eigenvalue weighted by Gasteiger charge is -2.40. The van der Waals surface area contributed by atoms with Gasteiger partial charge in [0, 0.05) is 31.2 Å². The molecule has 1 aliphatic heterocycles. The van der Waals surface area contributed by atoms with Gasteiger partial charge in [0.1, 0.15) is 6.29 Å². The Morgan fingerprint density at radius 3 is 2.37 bits per heavy atom. The highest BCUT2D eigenvalue weighted by Gasteiger charge is 2.35. The molecule has 0 atom stereocenters. The average Bonchev–Trinajstić information content (AvgIpc) is 2.48. The third kappa shape index (κ3) is 3.79. The van der Waals surface area contributed by atoms with Crippen LogP contribution in [0.3, 0.4) is 0 Å². The molecule has 1 heterocycles. The molecule has 110 valence electrons. The fraction of sp³-hybridized carbons (Fsp3) is 0.938. The van der Waals surface area contributed by atoms with Crippen molar-refractivity contribution in [1.29, 1.82) is 0 Å². The molecule has 0 bridgehead atoms. The Balaban J connectivity index is 1.85. The van der Waals surface area contributed by atoms with Gasteiger partial charge in [0.25, 0.3) is 0 Å². The zero-order chi connectivity index (χ0) is 13.7.